The second-order valence-corrected chi connectivity index (χ2v) is 7.08. The van der Waals surface area contributed by atoms with Gasteiger partial charge in [0, 0.05) is 5.56 Å². The van der Waals surface area contributed by atoms with Crippen LogP contribution in [-0.2, 0) is 17.6 Å². The molecular formula is C23H22N2O4. The zero-order valence-corrected chi connectivity index (χ0v) is 16.4. The van der Waals surface area contributed by atoms with Gasteiger partial charge in [-0.15, -0.1) is 0 Å². The summed E-state index contributed by atoms with van der Waals surface area (Å²) in [6.45, 7) is 1.58. The van der Waals surface area contributed by atoms with E-state index < -0.39 is 12.1 Å². The van der Waals surface area contributed by atoms with Gasteiger partial charge in [0.1, 0.15) is 0 Å². The zero-order valence-electron chi connectivity index (χ0n) is 16.4. The van der Waals surface area contributed by atoms with Crippen molar-refractivity contribution in [3.05, 3.63) is 77.1 Å². The quantitative estimate of drug-likeness (QED) is 0.473. The molecule has 1 aliphatic rings. The summed E-state index contributed by atoms with van der Waals surface area (Å²) in [6.07, 6.45) is 3.84. The highest BCUT2D eigenvalue weighted by atomic mass is 16.5. The van der Waals surface area contributed by atoms with Gasteiger partial charge in [-0.1, -0.05) is 30.3 Å². The van der Waals surface area contributed by atoms with Gasteiger partial charge in [0.05, 0.1) is 19.0 Å². The maximum Gasteiger partial charge on any atom is 0.363 e. The average molecular weight is 390 g/mol. The number of esters is 1. The maximum atomic E-state index is 12.8. The van der Waals surface area contributed by atoms with Gasteiger partial charge in [0.25, 0.3) is 0 Å². The predicted octanol–water partition coefficient (Wildman–Crippen LogP) is 3.80. The van der Waals surface area contributed by atoms with Crippen molar-refractivity contribution in [1.29, 1.82) is 0 Å². The molecule has 3 aromatic rings. The molecule has 2 aromatic carbocycles. The van der Waals surface area contributed by atoms with E-state index in [1.807, 2.05) is 48.5 Å². The summed E-state index contributed by atoms with van der Waals surface area (Å²) < 4.78 is 12.2. The monoisotopic (exact) mass is 390 g/mol. The fourth-order valence-electron chi connectivity index (χ4n) is 3.59. The molecule has 1 aromatic heterocycles. The van der Waals surface area contributed by atoms with Crippen LogP contribution in [0.2, 0.25) is 0 Å². The summed E-state index contributed by atoms with van der Waals surface area (Å²) in [5, 5.41) is 4.29. The van der Waals surface area contributed by atoms with E-state index in [4.69, 9.17) is 9.47 Å². The second-order valence-electron chi connectivity index (χ2n) is 7.08. The van der Waals surface area contributed by atoms with Crippen molar-refractivity contribution < 1.29 is 19.1 Å². The molecule has 1 aliphatic carbocycles. The van der Waals surface area contributed by atoms with E-state index in [0.29, 0.717) is 5.56 Å². The van der Waals surface area contributed by atoms with E-state index in [1.54, 1.807) is 17.8 Å². The van der Waals surface area contributed by atoms with Gasteiger partial charge in [-0.05, 0) is 55.5 Å². The van der Waals surface area contributed by atoms with Crippen molar-refractivity contribution in [3.63, 3.8) is 0 Å². The van der Waals surface area contributed by atoms with Gasteiger partial charge in [-0.3, -0.25) is 4.79 Å². The molecule has 0 radical (unpaired) electrons. The molecule has 0 spiro atoms. The fourth-order valence-corrected chi connectivity index (χ4v) is 3.59. The summed E-state index contributed by atoms with van der Waals surface area (Å²) in [5.74, 6) is -0.635. The Morgan fingerprint density at radius 2 is 1.83 bits per heavy atom. The molecule has 0 bridgehead atoms. The van der Waals surface area contributed by atoms with Crippen LogP contribution in [0.15, 0.2) is 54.7 Å². The maximum absolute atomic E-state index is 12.8. The van der Waals surface area contributed by atoms with Crippen molar-refractivity contribution in [2.45, 2.75) is 32.3 Å². The minimum absolute atomic E-state index is 0.0324. The first-order valence-corrected chi connectivity index (χ1v) is 9.63. The Hall–Kier alpha value is -3.41. The first-order valence-electron chi connectivity index (χ1n) is 9.63. The number of Topliss-reactive ketones (excluding diaryl/α,β-unsaturated/α-hetero) is 1. The number of hydrogen-bond acceptors (Lipinski definition) is 5. The minimum atomic E-state index is -0.923. The number of rotatable bonds is 6. The van der Waals surface area contributed by atoms with E-state index in [0.717, 1.165) is 24.9 Å². The standard InChI is InChI=1S/C23H22N2O4/c1-15(22(26)18-12-11-16-7-6-8-17(16)13-18)29-23(27)21-20(28-2)14-25(24-21)19-9-4-3-5-10-19/h3-5,9-15H,6-8H2,1-2H3/t15-/m1/s1. The number of ketones is 1. The predicted molar refractivity (Wildman–Crippen MR) is 108 cm³/mol. The molecular weight excluding hydrogens is 368 g/mol. The Bertz CT molecular complexity index is 1060. The van der Waals surface area contributed by atoms with Crippen molar-refractivity contribution >= 4 is 11.8 Å². The summed E-state index contributed by atoms with van der Waals surface area (Å²) >= 11 is 0. The highest BCUT2D eigenvalue weighted by Gasteiger charge is 2.26. The Labute approximate surface area is 169 Å². The van der Waals surface area contributed by atoms with E-state index in [1.165, 1.54) is 18.2 Å². The number of nitrogens with zero attached hydrogens (tertiary/aromatic N) is 2. The number of hydrogen-bond donors (Lipinski definition) is 0. The van der Waals surface area contributed by atoms with Gasteiger partial charge in [-0.2, -0.15) is 5.10 Å². The first kappa shape index (κ1) is 18.9. The number of aromatic nitrogens is 2. The molecule has 0 saturated carbocycles. The number of benzene rings is 2. The minimum Gasteiger partial charge on any atom is -0.493 e. The van der Waals surface area contributed by atoms with Crippen LogP contribution in [0.5, 0.6) is 5.75 Å². The third-order valence-electron chi connectivity index (χ3n) is 5.15. The molecule has 6 heteroatoms. The van der Waals surface area contributed by atoms with Crippen LogP contribution in [-0.4, -0.2) is 34.7 Å². The summed E-state index contributed by atoms with van der Waals surface area (Å²) in [6, 6.07) is 15.1. The smallest absolute Gasteiger partial charge is 0.363 e. The molecule has 6 nitrogen and oxygen atoms in total. The van der Waals surface area contributed by atoms with Crippen LogP contribution in [0, 0.1) is 0 Å². The van der Waals surface area contributed by atoms with Crippen LogP contribution in [0.3, 0.4) is 0 Å². The third kappa shape index (κ3) is 3.78. The van der Waals surface area contributed by atoms with Gasteiger partial charge in [0.2, 0.25) is 11.5 Å². The Balaban J connectivity index is 1.51. The lowest BCUT2D eigenvalue weighted by molar-refractivity contribution is 0.0309. The normalized spacial score (nSPS) is 13.6. The second kappa shape index (κ2) is 7.91. The Morgan fingerprint density at radius 1 is 1.07 bits per heavy atom. The Morgan fingerprint density at radius 3 is 2.59 bits per heavy atom. The number of ether oxygens (including phenoxy) is 2. The van der Waals surface area contributed by atoms with E-state index in [2.05, 4.69) is 5.10 Å². The average Bonchev–Trinajstić information content (AvgIpc) is 3.40. The van der Waals surface area contributed by atoms with Gasteiger partial charge >= 0.3 is 5.97 Å². The van der Waals surface area contributed by atoms with E-state index >= 15 is 0 Å². The topological polar surface area (TPSA) is 70.4 Å². The van der Waals surface area contributed by atoms with Crippen LogP contribution in [0.1, 0.15) is 45.3 Å². The van der Waals surface area contributed by atoms with Crippen molar-refractivity contribution in [3.8, 4) is 11.4 Å². The SMILES string of the molecule is COc1cn(-c2ccccc2)nc1C(=O)O[C@H](C)C(=O)c1ccc2c(c1)CCC2. The van der Waals surface area contributed by atoms with Crippen LogP contribution >= 0.6 is 0 Å². The molecule has 0 aliphatic heterocycles. The first-order chi connectivity index (χ1) is 14.1. The lowest BCUT2D eigenvalue weighted by atomic mass is 10.0. The lowest BCUT2D eigenvalue weighted by Gasteiger charge is -2.12. The molecule has 0 saturated heterocycles. The third-order valence-corrected chi connectivity index (χ3v) is 5.15. The zero-order chi connectivity index (χ0) is 20.4. The van der Waals surface area contributed by atoms with Crippen LogP contribution < -0.4 is 4.74 Å². The number of para-hydroxylation sites is 1. The summed E-state index contributed by atoms with van der Waals surface area (Å²) in [7, 11) is 1.46. The molecule has 1 atom stereocenters. The van der Waals surface area contributed by atoms with Crippen molar-refractivity contribution in [1.82, 2.24) is 9.78 Å². The van der Waals surface area contributed by atoms with Crippen molar-refractivity contribution in [2.24, 2.45) is 0 Å². The molecule has 29 heavy (non-hydrogen) atoms. The van der Waals surface area contributed by atoms with Gasteiger partial charge in [0.15, 0.2) is 11.9 Å². The van der Waals surface area contributed by atoms with E-state index in [-0.39, 0.29) is 17.2 Å². The van der Waals surface area contributed by atoms with Gasteiger partial charge in [-0.25, -0.2) is 9.48 Å². The highest BCUT2D eigenvalue weighted by Crippen LogP contribution is 2.24. The summed E-state index contributed by atoms with van der Waals surface area (Å²) in [5.41, 5.74) is 3.88. The van der Waals surface area contributed by atoms with Crippen LogP contribution in [0.25, 0.3) is 5.69 Å². The number of fused-ring (bicyclic) bond motifs is 1. The van der Waals surface area contributed by atoms with Crippen molar-refractivity contribution in [2.75, 3.05) is 7.11 Å². The molecule has 0 unspecified atom stereocenters. The highest BCUT2D eigenvalue weighted by molar-refractivity contribution is 6.01. The number of aryl methyl sites for hydroxylation is 2. The lowest BCUT2D eigenvalue weighted by Crippen LogP contribution is -2.25. The molecule has 148 valence electrons. The molecule has 0 fully saturated rings. The largest absolute Gasteiger partial charge is 0.493 e. The summed E-state index contributed by atoms with van der Waals surface area (Å²) in [4.78, 5) is 25.4. The number of methoxy groups -OCH3 is 1. The molecule has 4 rings (SSSR count). The van der Waals surface area contributed by atoms with Crippen LogP contribution in [0.4, 0.5) is 0 Å². The Kier molecular flexibility index (Phi) is 5.16. The number of carbonyl (C=O) groups is 2. The molecule has 1 heterocycles. The number of carbonyl (C=O) groups excluding carboxylic acids is 2. The molecule has 0 N–H and O–H groups in total. The fraction of sp³-hybridized carbons (Fsp3) is 0.261. The van der Waals surface area contributed by atoms with Gasteiger partial charge < -0.3 is 9.47 Å². The molecule has 0 amide bonds. The van der Waals surface area contributed by atoms with E-state index in [9.17, 15) is 9.59 Å².